The Hall–Kier alpha value is -0.780. The summed E-state index contributed by atoms with van der Waals surface area (Å²) in [7, 11) is 0. The minimum atomic E-state index is -4.28. The molecule has 0 aromatic carbocycles. The van der Waals surface area contributed by atoms with Crippen LogP contribution in [0.3, 0.4) is 0 Å². The van der Waals surface area contributed by atoms with E-state index in [1.807, 2.05) is 0 Å². The fourth-order valence-corrected chi connectivity index (χ4v) is 1.71. The summed E-state index contributed by atoms with van der Waals surface area (Å²) in [6, 6.07) is -2.19. The lowest BCUT2D eigenvalue weighted by atomic mass is 9.88. The van der Waals surface area contributed by atoms with E-state index in [9.17, 15) is 18.0 Å². The first-order valence-corrected chi connectivity index (χ1v) is 4.38. The van der Waals surface area contributed by atoms with Gasteiger partial charge in [-0.1, -0.05) is 0 Å². The minimum Gasteiger partial charge on any atom is -0.481 e. The topological polar surface area (TPSA) is 49.3 Å². The molecule has 1 heterocycles. The lowest BCUT2D eigenvalue weighted by Crippen LogP contribution is -2.54. The van der Waals surface area contributed by atoms with Crippen molar-refractivity contribution in [2.24, 2.45) is 5.92 Å². The van der Waals surface area contributed by atoms with Crippen LogP contribution in [0, 0.1) is 5.92 Å². The van der Waals surface area contributed by atoms with Gasteiger partial charge in [0.2, 0.25) is 0 Å². The average Bonchev–Trinajstić information content (AvgIpc) is 2.01. The Morgan fingerprint density at radius 2 is 2.00 bits per heavy atom. The van der Waals surface area contributed by atoms with Crippen LogP contribution in [-0.2, 0) is 4.79 Å². The van der Waals surface area contributed by atoms with Crippen LogP contribution in [-0.4, -0.2) is 29.3 Å². The third-order valence-electron chi connectivity index (χ3n) is 2.55. The van der Waals surface area contributed by atoms with E-state index < -0.39 is 30.1 Å². The van der Waals surface area contributed by atoms with Crippen LogP contribution in [0.15, 0.2) is 0 Å². The van der Waals surface area contributed by atoms with Gasteiger partial charge in [0.05, 0.1) is 5.92 Å². The monoisotopic (exact) mass is 211 g/mol. The molecule has 1 rings (SSSR count). The summed E-state index contributed by atoms with van der Waals surface area (Å²) in [5, 5.41) is 11.0. The summed E-state index contributed by atoms with van der Waals surface area (Å²) < 4.78 is 36.7. The molecule has 0 aromatic heterocycles. The van der Waals surface area contributed by atoms with Crippen molar-refractivity contribution in [3.63, 3.8) is 0 Å². The van der Waals surface area contributed by atoms with Crippen molar-refractivity contribution < 1.29 is 23.1 Å². The first-order chi connectivity index (χ1) is 6.32. The Labute approximate surface area is 79.3 Å². The molecule has 82 valence electrons. The summed E-state index contributed by atoms with van der Waals surface area (Å²) in [6.07, 6.45) is -4.36. The van der Waals surface area contributed by atoms with Crippen LogP contribution in [0.25, 0.3) is 0 Å². The summed E-state index contributed by atoms with van der Waals surface area (Å²) in [5.74, 6) is -1.75. The predicted octanol–water partition coefficient (Wildman–Crippen LogP) is 1.39. The summed E-state index contributed by atoms with van der Waals surface area (Å²) in [4.78, 5) is 10.6. The molecule has 0 aromatic rings. The molecule has 3 nitrogen and oxygen atoms in total. The van der Waals surface area contributed by atoms with Gasteiger partial charge in [-0.15, -0.1) is 0 Å². The molecule has 14 heavy (non-hydrogen) atoms. The molecule has 0 bridgehead atoms. The Morgan fingerprint density at radius 1 is 1.43 bits per heavy atom. The number of nitrogens with one attached hydrogen (secondary N) is 1. The number of alkyl halides is 3. The second-order valence-electron chi connectivity index (χ2n) is 3.57. The molecule has 1 fully saturated rings. The molecule has 0 unspecified atom stereocenters. The minimum absolute atomic E-state index is 0.0771. The average molecular weight is 211 g/mol. The highest BCUT2D eigenvalue weighted by molar-refractivity contribution is 5.71. The van der Waals surface area contributed by atoms with Crippen molar-refractivity contribution in [2.75, 3.05) is 0 Å². The van der Waals surface area contributed by atoms with Gasteiger partial charge >= 0.3 is 12.1 Å². The second-order valence-corrected chi connectivity index (χ2v) is 3.57. The van der Waals surface area contributed by atoms with Crippen molar-refractivity contribution in [2.45, 2.75) is 38.0 Å². The van der Waals surface area contributed by atoms with Gasteiger partial charge in [0, 0.05) is 6.04 Å². The van der Waals surface area contributed by atoms with Gasteiger partial charge in [0.25, 0.3) is 0 Å². The maximum atomic E-state index is 12.2. The number of carboxylic acid groups (broad SMARTS) is 1. The van der Waals surface area contributed by atoms with E-state index in [1.165, 1.54) is 6.92 Å². The highest BCUT2D eigenvalue weighted by atomic mass is 19.4. The standard InChI is InChI=1S/C8H12F3NO2/c1-4-5(7(13)14)2-3-6(12-4)8(9,10)11/h4-6,12H,2-3H2,1H3,(H,13,14)/t4-,5+,6+/m1/s1. The molecule has 1 saturated heterocycles. The van der Waals surface area contributed by atoms with Gasteiger partial charge in [-0.2, -0.15) is 13.2 Å². The number of hydrogen-bond acceptors (Lipinski definition) is 2. The molecular formula is C8H12F3NO2. The quantitative estimate of drug-likeness (QED) is 0.689. The number of halogens is 3. The van der Waals surface area contributed by atoms with Crippen LogP contribution in [0.5, 0.6) is 0 Å². The first-order valence-electron chi connectivity index (χ1n) is 4.38. The number of piperidine rings is 1. The predicted molar refractivity (Wildman–Crippen MR) is 42.8 cm³/mol. The number of aliphatic carboxylic acids is 1. The van der Waals surface area contributed by atoms with E-state index in [4.69, 9.17) is 5.11 Å². The zero-order valence-corrected chi connectivity index (χ0v) is 7.64. The van der Waals surface area contributed by atoms with Gasteiger partial charge in [0.1, 0.15) is 6.04 Å². The number of carbonyl (C=O) groups is 1. The lowest BCUT2D eigenvalue weighted by molar-refractivity contribution is -0.170. The highest BCUT2D eigenvalue weighted by Gasteiger charge is 2.44. The lowest BCUT2D eigenvalue weighted by Gasteiger charge is -2.34. The van der Waals surface area contributed by atoms with Gasteiger partial charge in [-0.05, 0) is 19.8 Å². The van der Waals surface area contributed by atoms with Crippen LogP contribution in [0.4, 0.5) is 13.2 Å². The number of carboxylic acids is 1. The zero-order chi connectivity index (χ0) is 10.9. The SMILES string of the molecule is C[C@H]1N[C@H](C(F)(F)F)CC[C@@H]1C(=O)O. The van der Waals surface area contributed by atoms with E-state index >= 15 is 0 Å². The Kier molecular flexibility index (Phi) is 3.04. The maximum Gasteiger partial charge on any atom is 0.403 e. The number of rotatable bonds is 1. The van der Waals surface area contributed by atoms with Gasteiger partial charge in [0.15, 0.2) is 0 Å². The molecule has 6 heteroatoms. The van der Waals surface area contributed by atoms with Crippen LogP contribution in [0.2, 0.25) is 0 Å². The van der Waals surface area contributed by atoms with E-state index in [2.05, 4.69) is 5.32 Å². The largest absolute Gasteiger partial charge is 0.481 e. The summed E-state index contributed by atoms with van der Waals surface area (Å²) in [6.45, 7) is 1.47. The molecule has 1 aliphatic rings. The molecule has 0 aliphatic carbocycles. The Balaban J connectivity index is 2.60. The fraction of sp³-hybridized carbons (Fsp3) is 0.875. The fourth-order valence-electron chi connectivity index (χ4n) is 1.71. The molecule has 0 amide bonds. The third-order valence-corrected chi connectivity index (χ3v) is 2.55. The smallest absolute Gasteiger partial charge is 0.403 e. The molecule has 0 radical (unpaired) electrons. The molecule has 0 spiro atoms. The van der Waals surface area contributed by atoms with Gasteiger partial charge < -0.3 is 10.4 Å². The Bertz CT molecular complexity index is 229. The first kappa shape index (κ1) is 11.3. The number of hydrogen-bond donors (Lipinski definition) is 2. The van der Waals surface area contributed by atoms with Crippen molar-refractivity contribution in [3.8, 4) is 0 Å². The maximum absolute atomic E-state index is 12.2. The van der Waals surface area contributed by atoms with Crippen LogP contribution < -0.4 is 5.32 Å². The van der Waals surface area contributed by atoms with Crippen LogP contribution in [0.1, 0.15) is 19.8 Å². The van der Waals surface area contributed by atoms with E-state index in [-0.39, 0.29) is 12.8 Å². The molecule has 3 atom stereocenters. The Morgan fingerprint density at radius 3 is 2.36 bits per heavy atom. The van der Waals surface area contributed by atoms with E-state index in [0.29, 0.717) is 0 Å². The molecular weight excluding hydrogens is 199 g/mol. The van der Waals surface area contributed by atoms with E-state index in [0.717, 1.165) is 0 Å². The van der Waals surface area contributed by atoms with Crippen molar-refractivity contribution in [1.29, 1.82) is 0 Å². The second kappa shape index (κ2) is 3.76. The molecule has 0 saturated carbocycles. The molecule has 1 aliphatic heterocycles. The van der Waals surface area contributed by atoms with Gasteiger partial charge in [-0.3, -0.25) is 4.79 Å². The summed E-state index contributed by atoms with van der Waals surface area (Å²) in [5.41, 5.74) is 0. The summed E-state index contributed by atoms with van der Waals surface area (Å²) >= 11 is 0. The van der Waals surface area contributed by atoms with Crippen molar-refractivity contribution in [3.05, 3.63) is 0 Å². The highest BCUT2D eigenvalue weighted by Crippen LogP contribution is 2.30. The van der Waals surface area contributed by atoms with Crippen LogP contribution >= 0.6 is 0 Å². The normalized spacial score (nSPS) is 34.1. The molecule has 2 N–H and O–H groups in total. The third kappa shape index (κ3) is 2.37. The van der Waals surface area contributed by atoms with Gasteiger partial charge in [-0.25, -0.2) is 0 Å². The zero-order valence-electron chi connectivity index (χ0n) is 7.64. The van der Waals surface area contributed by atoms with Crippen molar-refractivity contribution >= 4 is 5.97 Å². The van der Waals surface area contributed by atoms with Crippen molar-refractivity contribution in [1.82, 2.24) is 5.32 Å². The van der Waals surface area contributed by atoms with E-state index in [1.54, 1.807) is 0 Å².